The Morgan fingerprint density at radius 3 is 2.64 bits per heavy atom. The van der Waals surface area contributed by atoms with Crippen LogP contribution in [0.2, 0.25) is 0 Å². The number of benzene rings is 1. The van der Waals surface area contributed by atoms with Crippen LogP contribution in [0.3, 0.4) is 0 Å². The molecule has 1 aromatic carbocycles. The van der Waals surface area contributed by atoms with E-state index in [0.29, 0.717) is 24.1 Å². The van der Waals surface area contributed by atoms with Gasteiger partial charge in [-0.05, 0) is 48.5 Å². The van der Waals surface area contributed by atoms with Crippen molar-refractivity contribution in [1.82, 2.24) is 10.2 Å². The predicted molar refractivity (Wildman–Crippen MR) is 104 cm³/mol. The fourth-order valence-electron chi connectivity index (χ4n) is 3.71. The van der Waals surface area contributed by atoms with Gasteiger partial charge in [-0.25, -0.2) is 9.18 Å². The fraction of sp³-hybridized carbons (Fsp3) is 0.611. The number of carbonyl (C=O) groups is 1. The van der Waals surface area contributed by atoms with Crippen molar-refractivity contribution in [2.75, 3.05) is 25.4 Å². The summed E-state index contributed by atoms with van der Waals surface area (Å²) in [6.07, 6.45) is 3.20. The number of hydrogen-bond donors (Lipinski definition) is 2. The molecule has 1 aliphatic heterocycles. The highest BCUT2D eigenvalue weighted by Gasteiger charge is 2.41. The van der Waals surface area contributed by atoms with Crippen LogP contribution in [0.25, 0.3) is 0 Å². The molecule has 3 atom stereocenters. The van der Waals surface area contributed by atoms with Gasteiger partial charge in [-0.2, -0.15) is 11.8 Å². The Morgan fingerprint density at radius 2 is 1.96 bits per heavy atom. The van der Waals surface area contributed by atoms with Crippen LogP contribution >= 0.6 is 24.2 Å². The van der Waals surface area contributed by atoms with Crippen molar-refractivity contribution in [3.05, 3.63) is 35.6 Å². The zero-order valence-electron chi connectivity index (χ0n) is 14.3. The number of nitrogens with one attached hydrogen (secondary N) is 1. The average molecular weight is 388 g/mol. The van der Waals surface area contributed by atoms with Crippen LogP contribution in [-0.2, 0) is 5.75 Å². The Bertz CT molecular complexity index is 563. The molecule has 1 aromatic rings. The lowest BCUT2D eigenvalue weighted by Gasteiger charge is -2.36. The maximum Gasteiger partial charge on any atom is 0.317 e. The predicted octanol–water partition coefficient (Wildman–Crippen LogP) is 3.25. The van der Waals surface area contributed by atoms with E-state index in [4.69, 9.17) is 5.73 Å². The highest BCUT2D eigenvalue weighted by molar-refractivity contribution is 7.98. The van der Waals surface area contributed by atoms with E-state index in [2.05, 4.69) is 5.32 Å². The minimum atomic E-state index is -0.142. The van der Waals surface area contributed by atoms with Gasteiger partial charge in [0.15, 0.2) is 0 Å². The van der Waals surface area contributed by atoms with Crippen molar-refractivity contribution in [2.24, 2.45) is 17.6 Å². The number of nitrogens with two attached hydrogens (primary N) is 1. The van der Waals surface area contributed by atoms with Gasteiger partial charge in [0.25, 0.3) is 0 Å². The van der Waals surface area contributed by atoms with Gasteiger partial charge in [-0.3, -0.25) is 0 Å². The molecule has 0 spiro atoms. The number of amides is 2. The summed E-state index contributed by atoms with van der Waals surface area (Å²) in [6.45, 7) is 2.26. The zero-order chi connectivity index (χ0) is 16.9. The highest BCUT2D eigenvalue weighted by Crippen LogP contribution is 2.35. The molecule has 2 amide bonds. The van der Waals surface area contributed by atoms with Crippen molar-refractivity contribution >= 4 is 30.2 Å². The first kappa shape index (κ1) is 20.3. The van der Waals surface area contributed by atoms with Crippen LogP contribution in [0.5, 0.6) is 0 Å². The second-order valence-electron chi connectivity index (χ2n) is 6.81. The van der Waals surface area contributed by atoms with E-state index in [0.717, 1.165) is 43.7 Å². The lowest BCUT2D eigenvalue weighted by atomic mass is 9.93. The SMILES string of the molecule is Cl.NC1[C@@H]2CC[C@H]1CN(C(=O)NCCCSCc1ccccc1F)C2. The first-order chi connectivity index (χ1) is 11.6. The van der Waals surface area contributed by atoms with Crippen molar-refractivity contribution < 1.29 is 9.18 Å². The van der Waals surface area contributed by atoms with E-state index in [1.807, 2.05) is 17.0 Å². The summed E-state index contributed by atoms with van der Waals surface area (Å²) in [6, 6.07) is 7.20. The van der Waals surface area contributed by atoms with E-state index < -0.39 is 0 Å². The molecule has 1 saturated heterocycles. The first-order valence-corrected chi connectivity index (χ1v) is 9.90. The van der Waals surface area contributed by atoms with Gasteiger partial charge in [-0.1, -0.05) is 18.2 Å². The van der Waals surface area contributed by atoms with Crippen molar-refractivity contribution in [3.8, 4) is 0 Å². The Hall–Kier alpha value is -0.980. The first-order valence-electron chi connectivity index (χ1n) is 8.74. The van der Waals surface area contributed by atoms with Gasteiger partial charge in [-0.15, -0.1) is 12.4 Å². The lowest BCUT2D eigenvalue weighted by molar-refractivity contribution is 0.150. The van der Waals surface area contributed by atoms with Crippen molar-refractivity contribution in [2.45, 2.75) is 31.1 Å². The van der Waals surface area contributed by atoms with E-state index in [1.54, 1.807) is 17.8 Å². The summed E-state index contributed by atoms with van der Waals surface area (Å²) in [7, 11) is 0. The third-order valence-corrected chi connectivity index (χ3v) is 6.24. The lowest BCUT2D eigenvalue weighted by Crippen LogP contribution is -2.53. The second kappa shape index (κ2) is 9.64. The van der Waals surface area contributed by atoms with Crippen LogP contribution in [-0.4, -0.2) is 42.4 Å². The number of piperidine rings is 1. The molecule has 140 valence electrons. The minimum absolute atomic E-state index is 0. The highest BCUT2D eigenvalue weighted by atomic mass is 35.5. The number of halogens is 2. The van der Waals surface area contributed by atoms with Gasteiger partial charge in [0, 0.05) is 31.4 Å². The van der Waals surface area contributed by atoms with E-state index in [9.17, 15) is 9.18 Å². The summed E-state index contributed by atoms with van der Waals surface area (Å²) in [4.78, 5) is 14.2. The van der Waals surface area contributed by atoms with Crippen LogP contribution in [0.15, 0.2) is 24.3 Å². The summed E-state index contributed by atoms with van der Waals surface area (Å²) in [5.74, 6) is 2.39. The Kier molecular flexibility index (Phi) is 7.84. The number of carbonyl (C=O) groups excluding carboxylic acids is 1. The van der Waals surface area contributed by atoms with Crippen LogP contribution in [0.1, 0.15) is 24.8 Å². The van der Waals surface area contributed by atoms with E-state index >= 15 is 0 Å². The van der Waals surface area contributed by atoms with Crippen molar-refractivity contribution in [3.63, 3.8) is 0 Å². The van der Waals surface area contributed by atoms with E-state index in [-0.39, 0.29) is 30.3 Å². The number of rotatable bonds is 6. The molecule has 1 unspecified atom stereocenters. The normalized spacial score (nSPS) is 24.7. The monoisotopic (exact) mass is 387 g/mol. The number of nitrogens with zero attached hydrogens (tertiary/aromatic N) is 1. The number of hydrogen-bond acceptors (Lipinski definition) is 3. The Morgan fingerprint density at radius 1 is 1.28 bits per heavy atom. The van der Waals surface area contributed by atoms with Gasteiger partial charge in [0.1, 0.15) is 5.82 Å². The maximum atomic E-state index is 13.5. The van der Waals surface area contributed by atoms with Crippen LogP contribution in [0.4, 0.5) is 9.18 Å². The molecule has 1 saturated carbocycles. The van der Waals surface area contributed by atoms with Crippen molar-refractivity contribution in [1.29, 1.82) is 0 Å². The number of fused-ring (bicyclic) bond motifs is 2. The average Bonchev–Trinajstić information content (AvgIpc) is 2.80. The van der Waals surface area contributed by atoms with Crippen LogP contribution < -0.4 is 11.1 Å². The third-order valence-electron chi connectivity index (χ3n) is 5.15. The van der Waals surface area contributed by atoms with Gasteiger partial charge in [0.2, 0.25) is 0 Å². The molecule has 2 aliphatic rings. The molecular formula is C18H27ClFN3OS. The minimum Gasteiger partial charge on any atom is -0.338 e. The van der Waals surface area contributed by atoms with Gasteiger partial charge >= 0.3 is 6.03 Å². The van der Waals surface area contributed by atoms with Crippen LogP contribution in [0, 0.1) is 17.7 Å². The molecule has 2 fully saturated rings. The standard InChI is InChI=1S/C18H26FN3OS.ClH/c19-16-5-2-1-4-15(16)12-24-9-3-8-21-18(23)22-10-13-6-7-14(11-22)17(13)20;/h1-2,4-5,13-14,17H,3,6-12,20H2,(H,21,23);1H/t13-,14+,17?;. The van der Waals surface area contributed by atoms with Gasteiger partial charge in [0.05, 0.1) is 0 Å². The molecule has 1 heterocycles. The summed E-state index contributed by atoms with van der Waals surface area (Å²) < 4.78 is 13.5. The summed E-state index contributed by atoms with van der Waals surface area (Å²) in [5.41, 5.74) is 6.91. The number of likely N-dealkylation sites (tertiary alicyclic amines) is 1. The summed E-state index contributed by atoms with van der Waals surface area (Å²) in [5, 5.41) is 3.00. The smallest absolute Gasteiger partial charge is 0.317 e. The fourth-order valence-corrected chi connectivity index (χ4v) is 4.66. The topological polar surface area (TPSA) is 58.4 Å². The van der Waals surface area contributed by atoms with Gasteiger partial charge < -0.3 is 16.0 Å². The molecule has 7 heteroatoms. The van der Waals surface area contributed by atoms with E-state index in [1.165, 1.54) is 6.07 Å². The molecule has 0 aromatic heterocycles. The summed E-state index contributed by atoms with van der Waals surface area (Å²) >= 11 is 1.70. The molecule has 4 nitrogen and oxygen atoms in total. The maximum absolute atomic E-state index is 13.5. The molecule has 0 radical (unpaired) electrons. The molecule has 2 bridgehead atoms. The molecule has 1 aliphatic carbocycles. The zero-order valence-corrected chi connectivity index (χ0v) is 16.0. The Balaban J connectivity index is 0.00000225. The molecular weight excluding hydrogens is 361 g/mol. The number of thioether (sulfide) groups is 1. The Labute approximate surface area is 159 Å². The quantitative estimate of drug-likeness (QED) is 0.736. The number of urea groups is 1. The molecule has 3 rings (SSSR count). The third kappa shape index (κ3) is 5.25. The molecule has 3 N–H and O–H groups in total. The molecule has 25 heavy (non-hydrogen) atoms. The second-order valence-corrected chi connectivity index (χ2v) is 7.91. The largest absolute Gasteiger partial charge is 0.338 e.